The maximum Gasteiger partial charge on any atom is 0.183 e. The summed E-state index contributed by atoms with van der Waals surface area (Å²) in [4.78, 5) is 4.54. The van der Waals surface area contributed by atoms with Crippen LogP contribution in [0.3, 0.4) is 0 Å². The second kappa shape index (κ2) is 4.52. The molecule has 0 aromatic carbocycles. The lowest BCUT2D eigenvalue weighted by Crippen LogP contribution is -2.25. The second-order valence-corrected chi connectivity index (χ2v) is 2.43. The predicted octanol–water partition coefficient (Wildman–Crippen LogP) is 0.432. The first-order valence-electron chi connectivity index (χ1n) is 3.80. The SMILES string of the molecule is CO/N=C(/C#N)C1=CCCNC1. The van der Waals surface area contributed by atoms with Crippen molar-refractivity contribution in [3.63, 3.8) is 0 Å². The third-order valence-electron chi connectivity index (χ3n) is 1.62. The zero-order chi connectivity index (χ0) is 8.81. The Hall–Kier alpha value is -1.34. The molecular formula is C8H11N3O. The van der Waals surface area contributed by atoms with E-state index >= 15 is 0 Å². The Bertz CT molecular complexity index is 250. The van der Waals surface area contributed by atoms with Gasteiger partial charge in [0.15, 0.2) is 5.71 Å². The van der Waals surface area contributed by atoms with Gasteiger partial charge in [0.25, 0.3) is 0 Å². The molecule has 64 valence electrons. The van der Waals surface area contributed by atoms with Crippen LogP contribution in [0.15, 0.2) is 16.8 Å². The lowest BCUT2D eigenvalue weighted by atomic mass is 10.1. The lowest BCUT2D eigenvalue weighted by molar-refractivity contribution is 0.214. The Morgan fingerprint density at radius 3 is 3.17 bits per heavy atom. The minimum absolute atomic E-state index is 0.365. The molecule has 1 aliphatic rings. The van der Waals surface area contributed by atoms with E-state index in [4.69, 9.17) is 5.26 Å². The van der Waals surface area contributed by atoms with E-state index in [9.17, 15) is 0 Å². The van der Waals surface area contributed by atoms with Crippen LogP contribution in [0.4, 0.5) is 0 Å². The van der Waals surface area contributed by atoms with Gasteiger partial charge in [-0.05, 0) is 13.0 Å². The van der Waals surface area contributed by atoms with Crippen LogP contribution < -0.4 is 5.32 Å². The van der Waals surface area contributed by atoms with Crippen molar-refractivity contribution in [2.45, 2.75) is 6.42 Å². The average Bonchev–Trinajstić information content (AvgIpc) is 2.15. The zero-order valence-corrected chi connectivity index (χ0v) is 7.00. The normalized spacial score (nSPS) is 18.0. The van der Waals surface area contributed by atoms with Crippen LogP contribution in [-0.4, -0.2) is 25.9 Å². The number of nitrogens with one attached hydrogen (secondary N) is 1. The second-order valence-electron chi connectivity index (χ2n) is 2.43. The van der Waals surface area contributed by atoms with E-state index in [0.29, 0.717) is 12.3 Å². The molecule has 0 saturated carbocycles. The first-order valence-corrected chi connectivity index (χ1v) is 3.80. The molecular weight excluding hydrogens is 154 g/mol. The van der Waals surface area contributed by atoms with Crippen molar-refractivity contribution in [2.24, 2.45) is 5.16 Å². The van der Waals surface area contributed by atoms with Gasteiger partial charge in [-0.2, -0.15) is 5.26 Å². The maximum atomic E-state index is 8.68. The monoisotopic (exact) mass is 165 g/mol. The van der Waals surface area contributed by atoms with E-state index in [1.165, 1.54) is 7.11 Å². The number of hydrogen-bond donors (Lipinski definition) is 1. The van der Waals surface area contributed by atoms with Crippen LogP contribution in [0.25, 0.3) is 0 Å². The lowest BCUT2D eigenvalue weighted by Gasteiger charge is -2.11. The van der Waals surface area contributed by atoms with Crippen molar-refractivity contribution < 1.29 is 4.84 Å². The zero-order valence-electron chi connectivity index (χ0n) is 7.00. The molecule has 1 aliphatic heterocycles. The topological polar surface area (TPSA) is 57.4 Å². The van der Waals surface area contributed by atoms with Crippen LogP contribution in [0.2, 0.25) is 0 Å². The summed E-state index contributed by atoms with van der Waals surface area (Å²) in [6, 6.07) is 1.99. The predicted molar refractivity (Wildman–Crippen MR) is 45.6 cm³/mol. The Morgan fingerprint density at radius 2 is 2.67 bits per heavy atom. The van der Waals surface area contributed by atoms with Crippen molar-refractivity contribution in [3.8, 4) is 6.07 Å². The quantitative estimate of drug-likeness (QED) is 0.477. The molecule has 0 unspecified atom stereocenters. The molecule has 0 aromatic heterocycles. The summed E-state index contributed by atoms with van der Waals surface area (Å²) in [7, 11) is 1.44. The molecule has 0 fully saturated rings. The van der Waals surface area contributed by atoms with Gasteiger partial charge in [0.2, 0.25) is 0 Å². The Kier molecular flexibility index (Phi) is 3.30. The van der Waals surface area contributed by atoms with Crippen LogP contribution in [0.1, 0.15) is 6.42 Å². The summed E-state index contributed by atoms with van der Waals surface area (Å²) >= 11 is 0. The van der Waals surface area contributed by atoms with Gasteiger partial charge in [-0.3, -0.25) is 0 Å². The number of nitrogens with zero attached hydrogens (tertiary/aromatic N) is 2. The summed E-state index contributed by atoms with van der Waals surface area (Å²) in [5, 5.41) is 15.4. The highest BCUT2D eigenvalue weighted by molar-refractivity contribution is 6.11. The molecule has 4 heteroatoms. The molecule has 0 bridgehead atoms. The van der Waals surface area contributed by atoms with Crippen LogP contribution in [-0.2, 0) is 4.84 Å². The first-order chi connectivity index (χ1) is 5.88. The third-order valence-corrected chi connectivity index (χ3v) is 1.62. The molecule has 0 aromatic rings. The minimum atomic E-state index is 0.365. The minimum Gasteiger partial charge on any atom is -0.398 e. The summed E-state index contributed by atoms with van der Waals surface area (Å²) in [6.45, 7) is 1.67. The fourth-order valence-electron chi connectivity index (χ4n) is 1.07. The Morgan fingerprint density at radius 1 is 1.83 bits per heavy atom. The molecule has 0 amide bonds. The standard InChI is InChI=1S/C8H11N3O/c1-12-11-8(5-9)7-3-2-4-10-6-7/h3,10H,2,4,6H2,1H3/b11-8-. The molecule has 0 spiro atoms. The summed E-state index contributed by atoms with van der Waals surface area (Å²) in [5.41, 5.74) is 1.29. The molecule has 1 N–H and O–H groups in total. The van der Waals surface area contributed by atoms with Gasteiger partial charge in [0.05, 0.1) is 0 Å². The smallest absolute Gasteiger partial charge is 0.183 e. The van der Waals surface area contributed by atoms with Crippen molar-refractivity contribution in [2.75, 3.05) is 20.2 Å². The molecule has 0 aliphatic carbocycles. The van der Waals surface area contributed by atoms with E-state index in [0.717, 1.165) is 18.5 Å². The highest BCUT2D eigenvalue weighted by atomic mass is 16.6. The van der Waals surface area contributed by atoms with E-state index < -0.39 is 0 Å². The molecule has 0 radical (unpaired) electrons. The highest BCUT2D eigenvalue weighted by Gasteiger charge is 2.09. The van der Waals surface area contributed by atoms with Gasteiger partial charge < -0.3 is 10.2 Å². The van der Waals surface area contributed by atoms with Crippen LogP contribution in [0.5, 0.6) is 0 Å². The molecule has 4 nitrogen and oxygen atoms in total. The number of oxime groups is 1. The van der Waals surface area contributed by atoms with Gasteiger partial charge in [-0.1, -0.05) is 11.2 Å². The molecule has 1 heterocycles. The maximum absolute atomic E-state index is 8.68. The third kappa shape index (κ3) is 2.07. The number of rotatable bonds is 2. The number of hydrogen-bond acceptors (Lipinski definition) is 4. The van der Waals surface area contributed by atoms with E-state index in [2.05, 4.69) is 15.3 Å². The van der Waals surface area contributed by atoms with Gasteiger partial charge in [0.1, 0.15) is 13.2 Å². The Labute approximate surface area is 71.5 Å². The largest absolute Gasteiger partial charge is 0.398 e. The number of nitriles is 1. The van der Waals surface area contributed by atoms with Gasteiger partial charge in [-0.15, -0.1) is 0 Å². The molecule has 0 saturated heterocycles. The van der Waals surface area contributed by atoms with Crippen molar-refractivity contribution >= 4 is 5.71 Å². The summed E-state index contributed by atoms with van der Waals surface area (Å²) in [5.74, 6) is 0. The summed E-state index contributed by atoms with van der Waals surface area (Å²) < 4.78 is 0. The molecule has 0 atom stereocenters. The van der Waals surface area contributed by atoms with Gasteiger partial charge in [0, 0.05) is 12.1 Å². The molecule has 12 heavy (non-hydrogen) atoms. The summed E-state index contributed by atoms with van der Waals surface area (Å²) in [6.07, 6.45) is 2.96. The highest BCUT2D eigenvalue weighted by Crippen LogP contribution is 2.03. The van der Waals surface area contributed by atoms with E-state index in [1.54, 1.807) is 0 Å². The van der Waals surface area contributed by atoms with Crippen LogP contribution in [0, 0.1) is 11.3 Å². The average molecular weight is 165 g/mol. The van der Waals surface area contributed by atoms with Crippen molar-refractivity contribution in [1.82, 2.24) is 5.32 Å². The van der Waals surface area contributed by atoms with Gasteiger partial charge >= 0.3 is 0 Å². The Balaban J connectivity index is 2.72. The van der Waals surface area contributed by atoms with E-state index in [1.807, 2.05) is 12.1 Å². The molecule has 1 rings (SSSR count). The fourth-order valence-corrected chi connectivity index (χ4v) is 1.07. The van der Waals surface area contributed by atoms with Crippen LogP contribution >= 0.6 is 0 Å². The van der Waals surface area contributed by atoms with Gasteiger partial charge in [-0.25, -0.2) is 0 Å². The first kappa shape index (κ1) is 8.75. The van der Waals surface area contributed by atoms with Crippen molar-refractivity contribution in [3.05, 3.63) is 11.6 Å². The fraction of sp³-hybridized carbons (Fsp3) is 0.500. The van der Waals surface area contributed by atoms with E-state index in [-0.39, 0.29) is 0 Å². The van der Waals surface area contributed by atoms with Crippen molar-refractivity contribution in [1.29, 1.82) is 5.26 Å².